The topological polar surface area (TPSA) is 95.9 Å². The molecular formula is C28H32N2O5. The number of nitrogens with one attached hydrogen (secondary N) is 1. The number of alkyl carbamates (subject to hydrolysis) is 1. The number of carbonyl (C=O) groups is 3. The zero-order valence-electron chi connectivity index (χ0n) is 20.0. The highest BCUT2D eigenvalue weighted by Gasteiger charge is 2.39. The number of nitrogens with zero attached hydrogens (tertiary/aromatic N) is 1. The third-order valence-electron chi connectivity index (χ3n) is 7.86. The van der Waals surface area contributed by atoms with Gasteiger partial charge in [-0.25, -0.2) is 4.79 Å². The van der Waals surface area contributed by atoms with Crippen LogP contribution in [0.25, 0.3) is 11.1 Å². The summed E-state index contributed by atoms with van der Waals surface area (Å²) in [6.07, 6.45) is 2.87. The molecule has 0 bridgehead atoms. The maximum atomic E-state index is 13.1. The minimum Gasteiger partial charge on any atom is -0.481 e. The highest BCUT2D eigenvalue weighted by atomic mass is 16.5. The molecule has 184 valence electrons. The fourth-order valence-electron chi connectivity index (χ4n) is 5.76. The van der Waals surface area contributed by atoms with Crippen molar-refractivity contribution in [2.45, 2.75) is 57.0 Å². The predicted octanol–water partition coefficient (Wildman–Crippen LogP) is 4.41. The predicted molar refractivity (Wildman–Crippen MR) is 131 cm³/mol. The molecule has 2 aromatic carbocycles. The highest BCUT2D eigenvalue weighted by Crippen LogP contribution is 2.44. The van der Waals surface area contributed by atoms with Gasteiger partial charge in [0.15, 0.2) is 0 Å². The molecule has 5 rings (SSSR count). The Morgan fingerprint density at radius 3 is 2.26 bits per heavy atom. The van der Waals surface area contributed by atoms with Crippen molar-refractivity contribution in [3.05, 3.63) is 59.7 Å². The van der Waals surface area contributed by atoms with Crippen LogP contribution in [0.15, 0.2) is 48.5 Å². The molecule has 2 fully saturated rings. The van der Waals surface area contributed by atoms with Crippen molar-refractivity contribution in [1.82, 2.24) is 10.2 Å². The molecule has 7 heteroatoms. The number of ether oxygens (including phenoxy) is 1. The third-order valence-corrected chi connectivity index (χ3v) is 7.86. The second-order valence-electron chi connectivity index (χ2n) is 10.0. The molecule has 1 saturated carbocycles. The van der Waals surface area contributed by atoms with E-state index < -0.39 is 18.0 Å². The lowest BCUT2D eigenvalue weighted by atomic mass is 9.89. The largest absolute Gasteiger partial charge is 0.481 e. The van der Waals surface area contributed by atoms with Gasteiger partial charge in [0.1, 0.15) is 6.61 Å². The van der Waals surface area contributed by atoms with E-state index in [1.165, 1.54) is 11.1 Å². The molecule has 0 radical (unpaired) electrons. The second-order valence-corrected chi connectivity index (χ2v) is 10.0. The molecule has 3 aliphatic rings. The molecule has 2 amide bonds. The molecule has 2 N–H and O–H groups in total. The normalized spacial score (nSPS) is 22.1. The SMILES string of the molecule is C[C@@H]1[C@H](C(=O)O)CCCN1C(=O)CC(NC(=O)OCC1c2ccccc2-c2ccccc21)C1CC1. The van der Waals surface area contributed by atoms with Gasteiger partial charge in [0.05, 0.1) is 5.92 Å². The molecule has 1 aliphatic heterocycles. The Hall–Kier alpha value is -3.35. The van der Waals surface area contributed by atoms with E-state index in [4.69, 9.17) is 4.74 Å². The van der Waals surface area contributed by atoms with Gasteiger partial charge in [-0.1, -0.05) is 48.5 Å². The van der Waals surface area contributed by atoms with E-state index in [-0.39, 0.29) is 42.9 Å². The van der Waals surface area contributed by atoms with Crippen LogP contribution in [0, 0.1) is 11.8 Å². The van der Waals surface area contributed by atoms with E-state index in [1.807, 2.05) is 24.3 Å². The van der Waals surface area contributed by atoms with E-state index in [2.05, 4.69) is 29.6 Å². The van der Waals surface area contributed by atoms with Gasteiger partial charge in [-0.3, -0.25) is 9.59 Å². The quantitative estimate of drug-likeness (QED) is 0.617. The number of hydrogen-bond acceptors (Lipinski definition) is 4. The van der Waals surface area contributed by atoms with Crippen LogP contribution in [0.5, 0.6) is 0 Å². The van der Waals surface area contributed by atoms with Crippen molar-refractivity contribution >= 4 is 18.0 Å². The number of carbonyl (C=O) groups excluding carboxylic acids is 2. The fraction of sp³-hybridized carbons (Fsp3) is 0.464. The Kier molecular flexibility index (Phi) is 6.50. The molecule has 2 aliphatic carbocycles. The van der Waals surface area contributed by atoms with Crippen molar-refractivity contribution < 1.29 is 24.2 Å². The van der Waals surface area contributed by atoms with Crippen LogP contribution in [0.2, 0.25) is 0 Å². The number of benzene rings is 2. The number of amides is 2. The van der Waals surface area contributed by atoms with Crippen LogP contribution >= 0.6 is 0 Å². The Bertz CT molecular complexity index is 1080. The number of rotatable bonds is 7. The first-order valence-electron chi connectivity index (χ1n) is 12.6. The van der Waals surface area contributed by atoms with E-state index in [1.54, 1.807) is 11.8 Å². The first kappa shape index (κ1) is 23.4. The Morgan fingerprint density at radius 1 is 1.03 bits per heavy atom. The summed E-state index contributed by atoms with van der Waals surface area (Å²) < 4.78 is 5.69. The summed E-state index contributed by atoms with van der Waals surface area (Å²) in [5.41, 5.74) is 4.66. The molecule has 35 heavy (non-hydrogen) atoms. The van der Waals surface area contributed by atoms with Gasteiger partial charge in [0.2, 0.25) is 5.91 Å². The van der Waals surface area contributed by atoms with Gasteiger partial charge in [0.25, 0.3) is 0 Å². The van der Waals surface area contributed by atoms with Crippen molar-refractivity contribution in [2.75, 3.05) is 13.2 Å². The van der Waals surface area contributed by atoms with Gasteiger partial charge in [-0.15, -0.1) is 0 Å². The molecule has 3 atom stereocenters. The van der Waals surface area contributed by atoms with Gasteiger partial charge in [0, 0.05) is 31.0 Å². The zero-order valence-corrected chi connectivity index (χ0v) is 20.0. The number of fused-ring (bicyclic) bond motifs is 3. The second kappa shape index (κ2) is 9.72. The maximum absolute atomic E-state index is 13.1. The summed E-state index contributed by atoms with van der Waals surface area (Å²) in [5, 5.41) is 12.4. The first-order chi connectivity index (χ1) is 16.9. The van der Waals surface area contributed by atoms with Crippen molar-refractivity contribution in [2.24, 2.45) is 11.8 Å². The fourth-order valence-corrected chi connectivity index (χ4v) is 5.76. The first-order valence-corrected chi connectivity index (χ1v) is 12.6. The number of carboxylic acids is 1. The average Bonchev–Trinajstić information content (AvgIpc) is 3.65. The van der Waals surface area contributed by atoms with E-state index in [0.717, 1.165) is 24.0 Å². The third kappa shape index (κ3) is 4.77. The van der Waals surface area contributed by atoms with Crippen molar-refractivity contribution in [1.29, 1.82) is 0 Å². The van der Waals surface area contributed by atoms with E-state index >= 15 is 0 Å². The van der Waals surface area contributed by atoms with E-state index in [0.29, 0.717) is 19.4 Å². The number of likely N-dealkylation sites (tertiary alicyclic amines) is 1. The van der Waals surface area contributed by atoms with Gasteiger partial charge in [-0.05, 0) is 60.8 Å². The van der Waals surface area contributed by atoms with Gasteiger partial charge >= 0.3 is 12.1 Å². The zero-order chi connectivity index (χ0) is 24.5. The lowest BCUT2D eigenvalue weighted by Gasteiger charge is -2.38. The van der Waals surface area contributed by atoms with Gasteiger partial charge < -0.3 is 20.1 Å². The Morgan fingerprint density at radius 2 is 1.66 bits per heavy atom. The number of carboxylic acid groups (broad SMARTS) is 1. The highest BCUT2D eigenvalue weighted by molar-refractivity contribution is 5.81. The monoisotopic (exact) mass is 476 g/mol. The standard InChI is InChI=1S/C28H32N2O5/c1-17-19(27(32)33)11-6-14-30(17)26(31)15-25(18-12-13-18)29-28(34)35-16-24-22-9-4-2-7-20(22)21-8-3-5-10-23(21)24/h2-5,7-10,17-19,24-25H,6,11-16H2,1H3,(H,29,34)(H,32,33)/t17-,19-,25?/m1/s1. The van der Waals surface area contributed by atoms with Crippen molar-refractivity contribution in [3.63, 3.8) is 0 Å². The summed E-state index contributed by atoms with van der Waals surface area (Å²) in [5.74, 6) is -1.25. The van der Waals surface area contributed by atoms with Crippen LogP contribution < -0.4 is 5.32 Å². The number of hydrogen-bond donors (Lipinski definition) is 2. The van der Waals surface area contributed by atoms with Gasteiger partial charge in [-0.2, -0.15) is 0 Å². The molecule has 2 aromatic rings. The average molecular weight is 477 g/mol. The van der Waals surface area contributed by atoms with Crippen LogP contribution in [0.1, 0.15) is 56.1 Å². The van der Waals surface area contributed by atoms with Crippen LogP contribution in [0.3, 0.4) is 0 Å². The molecular weight excluding hydrogens is 444 g/mol. The molecule has 0 spiro atoms. The smallest absolute Gasteiger partial charge is 0.407 e. The summed E-state index contributed by atoms with van der Waals surface area (Å²) >= 11 is 0. The minimum absolute atomic E-state index is 0.0173. The summed E-state index contributed by atoms with van der Waals surface area (Å²) in [7, 11) is 0. The lowest BCUT2D eigenvalue weighted by Crippen LogP contribution is -2.51. The van der Waals surface area contributed by atoms with Crippen LogP contribution in [-0.2, 0) is 14.3 Å². The Balaban J connectivity index is 1.21. The number of piperidine rings is 1. The molecule has 1 unspecified atom stereocenters. The van der Waals surface area contributed by atoms with E-state index in [9.17, 15) is 19.5 Å². The molecule has 1 heterocycles. The molecule has 7 nitrogen and oxygen atoms in total. The number of aliphatic carboxylic acids is 1. The Labute approximate surface area is 205 Å². The maximum Gasteiger partial charge on any atom is 0.407 e. The summed E-state index contributed by atoms with van der Waals surface area (Å²) in [6.45, 7) is 2.60. The van der Waals surface area contributed by atoms with Crippen molar-refractivity contribution in [3.8, 4) is 11.1 Å². The molecule has 1 saturated heterocycles. The summed E-state index contributed by atoms with van der Waals surface area (Å²) in [4.78, 5) is 39.1. The van der Waals surface area contributed by atoms with Crippen LogP contribution in [-0.4, -0.2) is 53.2 Å². The minimum atomic E-state index is -0.856. The molecule has 0 aromatic heterocycles. The lowest BCUT2D eigenvalue weighted by molar-refractivity contribution is -0.149. The van der Waals surface area contributed by atoms with Crippen LogP contribution in [0.4, 0.5) is 4.79 Å². The summed E-state index contributed by atoms with van der Waals surface area (Å²) in [6, 6.07) is 15.8.